The summed E-state index contributed by atoms with van der Waals surface area (Å²) >= 11 is 6.38. The third-order valence-electron chi connectivity index (χ3n) is 7.41. The maximum atomic E-state index is 14.1. The number of hydrogen-bond acceptors (Lipinski definition) is 6. The highest BCUT2D eigenvalue weighted by Gasteiger charge is 2.28. The van der Waals surface area contributed by atoms with Crippen LogP contribution in [0.25, 0.3) is 22.3 Å². The zero-order valence-electron chi connectivity index (χ0n) is 26.7. The maximum Gasteiger partial charge on any atom is 0.320 e. The minimum absolute atomic E-state index is 0.0246. The van der Waals surface area contributed by atoms with Crippen LogP contribution in [0.5, 0.6) is 0 Å². The molecule has 5 rings (SSSR count). The summed E-state index contributed by atoms with van der Waals surface area (Å²) in [6.45, 7) is 12.6. The smallest absolute Gasteiger partial charge is 0.320 e. The lowest BCUT2D eigenvalue weighted by atomic mass is 10.0. The minimum atomic E-state index is -0.559. The zero-order valence-corrected chi connectivity index (χ0v) is 27.4. The van der Waals surface area contributed by atoms with Crippen molar-refractivity contribution in [3.63, 3.8) is 0 Å². The molecule has 0 radical (unpaired) electrons. The van der Waals surface area contributed by atoms with Crippen molar-refractivity contribution in [2.75, 3.05) is 6.54 Å². The van der Waals surface area contributed by atoms with Gasteiger partial charge in [-0.25, -0.2) is 9.97 Å². The molecule has 8 nitrogen and oxygen atoms in total. The van der Waals surface area contributed by atoms with Crippen LogP contribution >= 0.6 is 11.6 Å². The highest BCUT2D eigenvalue weighted by atomic mass is 35.5. The van der Waals surface area contributed by atoms with E-state index in [4.69, 9.17) is 26.3 Å². The zero-order chi connectivity index (χ0) is 32.3. The molecular weight excluding hydrogens is 586 g/mol. The van der Waals surface area contributed by atoms with Crippen LogP contribution in [-0.2, 0) is 22.6 Å². The van der Waals surface area contributed by atoms with Gasteiger partial charge in [0.1, 0.15) is 17.2 Å². The largest absolute Gasteiger partial charge is 0.459 e. The number of carbonyl (C=O) groups excluding carboxylic acids is 1. The molecule has 1 atom stereocenters. The van der Waals surface area contributed by atoms with Crippen LogP contribution < -0.4 is 10.9 Å². The molecule has 0 unspecified atom stereocenters. The Bertz CT molecular complexity index is 1850. The van der Waals surface area contributed by atoms with E-state index in [1.165, 1.54) is 0 Å². The fourth-order valence-electron chi connectivity index (χ4n) is 5.43. The number of hydrogen-bond donors (Lipinski definition) is 1. The normalized spacial score (nSPS) is 12.5. The molecule has 0 saturated heterocycles. The Hall–Kier alpha value is -4.27. The van der Waals surface area contributed by atoms with Crippen LogP contribution in [0.15, 0.2) is 83.8 Å². The Balaban J connectivity index is 1.64. The number of nitrogens with one attached hydrogen (secondary N) is 1. The summed E-state index contributed by atoms with van der Waals surface area (Å²) in [6, 6.07) is 23.0. The number of rotatable bonds is 10. The number of halogens is 1. The topological polar surface area (TPSA) is 91.0 Å². The third-order valence-corrected chi connectivity index (χ3v) is 7.65. The van der Waals surface area contributed by atoms with Gasteiger partial charge in [-0.05, 0) is 57.4 Å². The van der Waals surface area contributed by atoms with Gasteiger partial charge in [0.15, 0.2) is 0 Å². The summed E-state index contributed by atoms with van der Waals surface area (Å²) in [7, 11) is 0. The molecule has 0 spiro atoms. The first-order chi connectivity index (χ1) is 21.4. The van der Waals surface area contributed by atoms with Crippen molar-refractivity contribution in [1.82, 2.24) is 24.4 Å². The highest BCUT2D eigenvalue weighted by Crippen LogP contribution is 2.32. The van der Waals surface area contributed by atoms with E-state index in [0.717, 1.165) is 28.2 Å². The van der Waals surface area contributed by atoms with Crippen LogP contribution in [0.2, 0.25) is 5.02 Å². The van der Waals surface area contributed by atoms with Gasteiger partial charge in [-0.15, -0.1) is 0 Å². The Labute approximate surface area is 269 Å². The predicted octanol–water partition coefficient (Wildman–Crippen LogP) is 6.95. The molecular formula is C36H40ClN5O3. The van der Waals surface area contributed by atoms with Crippen LogP contribution in [0.3, 0.4) is 0 Å². The van der Waals surface area contributed by atoms with Crippen molar-refractivity contribution in [1.29, 1.82) is 0 Å². The molecule has 234 valence electrons. The monoisotopic (exact) mass is 625 g/mol. The predicted molar refractivity (Wildman–Crippen MR) is 179 cm³/mol. The third kappa shape index (κ3) is 7.70. The lowest BCUT2D eigenvalue weighted by Crippen LogP contribution is -2.32. The molecule has 1 N–H and O–H groups in total. The number of nitrogens with zero attached hydrogens (tertiary/aromatic N) is 4. The fourth-order valence-corrected chi connectivity index (χ4v) is 5.59. The summed E-state index contributed by atoms with van der Waals surface area (Å²) in [4.78, 5) is 36.6. The molecule has 2 aromatic heterocycles. The SMILES string of the molecule is Cc1ccc(-c2nc(CNCC(=O)OC(C)(C)C)cn2[C@@H](c2nc3cc(Cl)ccc3c(=O)n2Cc2ccccc2)C(C)C)cc1. The lowest BCUT2D eigenvalue weighted by molar-refractivity contribution is -0.153. The molecule has 9 heteroatoms. The molecule has 0 amide bonds. The van der Waals surface area contributed by atoms with Crippen molar-refractivity contribution >= 4 is 28.5 Å². The second-order valence-electron chi connectivity index (χ2n) is 12.7. The van der Waals surface area contributed by atoms with E-state index < -0.39 is 5.60 Å². The van der Waals surface area contributed by atoms with E-state index in [-0.39, 0.29) is 30.0 Å². The molecule has 5 aromatic rings. The Morgan fingerprint density at radius 2 is 1.71 bits per heavy atom. The standard InChI is InChI=1S/C36H40ClN5O3/c1-23(2)32(34-40-30-18-27(37)16-17-29(30)35(44)42(34)21-25-10-8-7-9-11-25)41-22-28(19-38-20-31(43)45-36(4,5)6)39-33(41)26-14-12-24(3)13-15-26/h7-18,22-23,32,38H,19-21H2,1-6H3/t32-/m1/s1. The van der Waals surface area contributed by atoms with Gasteiger partial charge < -0.3 is 14.6 Å². The average molecular weight is 626 g/mol. The van der Waals surface area contributed by atoms with Gasteiger partial charge in [0.25, 0.3) is 5.56 Å². The summed E-state index contributed by atoms with van der Waals surface area (Å²) in [5, 5.41) is 4.21. The first kappa shape index (κ1) is 32.1. The first-order valence-corrected chi connectivity index (χ1v) is 15.6. The number of aryl methyl sites for hydroxylation is 1. The first-order valence-electron chi connectivity index (χ1n) is 15.2. The van der Waals surface area contributed by atoms with Crippen LogP contribution in [-0.4, -0.2) is 37.2 Å². The van der Waals surface area contributed by atoms with Gasteiger partial charge in [-0.1, -0.05) is 85.6 Å². The Morgan fingerprint density at radius 1 is 1.00 bits per heavy atom. The van der Waals surface area contributed by atoms with Gasteiger partial charge in [-0.2, -0.15) is 0 Å². The second-order valence-corrected chi connectivity index (χ2v) is 13.2. The molecule has 2 heterocycles. The lowest BCUT2D eigenvalue weighted by Gasteiger charge is -2.27. The second kappa shape index (κ2) is 13.4. The van der Waals surface area contributed by atoms with Crippen LogP contribution in [0.4, 0.5) is 0 Å². The van der Waals surface area contributed by atoms with E-state index in [2.05, 4.69) is 35.9 Å². The van der Waals surface area contributed by atoms with E-state index in [1.807, 2.05) is 76.4 Å². The van der Waals surface area contributed by atoms with Crippen LogP contribution in [0.1, 0.15) is 63.3 Å². The number of imidazole rings is 1. The number of fused-ring (bicyclic) bond motifs is 1. The maximum absolute atomic E-state index is 14.1. The molecule has 0 aliphatic heterocycles. The van der Waals surface area contributed by atoms with Gasteiger partial charge in [0.05, 0.1) is 35.7 Å². The number of aromatic nitrogens is 4. The average Bonchev–Trinajstić information content (AvgIpc) is 3.38. The molecule has 0 fully saturated rings. The van der Waals surface area contributed by atoms with Gasteiger partial charge in [0, 0.05) is 23.3 Å². The van der Waals surface area contributed by atoms with Gasteiger partial charge in [-0.3, -0.25) is 14.2 Å². The summed E-state index contributed by atoms with van der Waals surface area (Å²) in [6.07, 6.45) is 1.99. The fraction of sp³-hybridized carbons (Fsp3) is 0.333. The van der Waals surface area contributed by atoms with Crippen molar-refractivity contribution in [2.45, 2.75) is 66.3 Å². The van der Waals surface area contributed by atoms with Crippen molar-refractivity contribution in [3.8, 4) is 11.4 Å². The molecule has 0 aliphatic carbocycles. The number of ether oxygens (including phenoxy) is 1. The van der Waals surface area contributed by atoms with Gasteiger partial charge >= 0.3 is 5.97 Å². The highest BCUT2D eigenvalue weighted by molar-refractivity contribution is 6.31. The summed E-state index contributed by atoms with van der Waals surface area (Å²) in [5.41, 5.74) is 3.68. The van der Waals surface area contributed by atoms with E-state index in [1.54, 1.807) is 22.8 Å². The minimum Gasteiger partial charge on any atom is -0.459 e. The summed E-state index contributed by atoms with van der Waals surface area (Å²) in [5.74, 6) is 1.06. The van der Waals surface area contributed by atoms with E-state index in [9.17, 15) is 9.59 Å². The summed E-state index contributed by atoms with van der Waals surface area (Å²) < 4.78 is 9.34. The Kier molecular flexibility index (Phi) is 9.56. The quantitative estimate of drug-likeness (QED) is 0.169. The van der Waals surface area contributed by atoms with Crippen molar-refractivity contribution in [3.05, 3.63) is 117 Å². The van der Waals surface area contributed by atoms with E-state index >= 15 is 0 Å². The van der Waals surface area contributed by atoms with Crippen molar-refractivity contribution in [2.24, 2.45) is 5.92 Å². The van der Waals surface area contributed by atoms with E-state index in [0.29, 0.717) is 34.8 Å². The number of esters is 1. The molecule has 0 bridgehead atoms. The number of benzene rings is 3. The molecule has 0 saturated carbocycles. The molecule has 0 aliphatic rings. The molecule has 3 aromatic carbocycles. The number of carbonyl (C=O) groups is 1. The molecule has 45 heavy (non-hydrogen) atoms. The van der Waals surface area contributed by atoms with Crippen LogP contribution in [0, 0.1) is 12.8 Å². The Morgan fingerprint density at radius 3 is 2.38 bits per heavy atom. The van der Waals surface area contributed by atoms with Gasteiger partial charge in [0.2, 0.25) is 0 Å². The van der Waals surface area contributed by atoms with Crippen molar-refractivity contribution < 1.29 is 9.53 Å².